The minimum Gasteiger partial charge on any atom is -0.414 e. The normalized spacial score (nSPS) is 12.0. The summed E-state index contributed by atoms with van der Waals surface area (Å²) in [6, 6.07) is 8.32. The maximum Gasteiger partial charge on any atom is 0.418 e. The summed E-state index contributed by atoms with van der Waals surface area (Å²) in [4.78, 5) is 3.93. The van der Waals surface area contributed by atoms with Crippen LogP contribution in [0.15, 0.2) is 47.0 Å². The molecule has 3 heterocycles. The lowest BCUT2D eigenvalue weighted by molar-refractivity contribution is -0.136. The summed E-state index contributed by atoms with van der Waals surface area (Å²) in [6.45, 7) is 1.67. The van der Waals surface area contributed by atoms with Crippen molar-refractivity contribution >= 4 is 45.7 Å². The summed E-state index contributed by atoms with van der Waals surface area (Å²) in [7, 11) is 0. The number of fused-ring (bicyclic) bond motifs is 1. The Labute approximate surface area is 204 Å². The smallest absolute Gasteiger partial charge is 0.414 e. The fourth-order valence-corrected chi connectivity index (χ4v) is 4.07. The van der Waals surface area contributed by atoms with Gasteiger partial charge < -0.3 is 4.42 Å². The molecule has 0 amide bonds. The van der Waals surface area contributed by atoms with Crippen LogP contribution in [-0.2, 0) is 6.18 Å². The Morgan fingerprint density at radius 3 is 2.41 bits per heavy atom. The largest absolute Gasteiger partial charge is 0.418 e. The predicted molar refractivity (Wildman–Crippen MR) is 120 cm³/mol. The molecular formula is C21H10Cl3F3N6O. The van der Waals surface area contributed by atoms with Crippen molar-refractivity contribution in [1.82, 2.24) is 30.2 Å². The number of benzene rings is 2. The third kappa shape index (κ3) is 3.77. The van der Waals surface area contributed by atoms with Crippen LogP contribution in [0.5, 0.6) is 0 Å². The van der Waals surface area contributed by atoms with Crippen molar-refractivity contribution < 1.29 is 17.6 Å². The van der Waals surface area contributed by atoms with Crippen LogP contribution in [0.3, 0.4) is 0 Å². The van der Waals surface area contributed by atoms with Gasteiger partial charge in [0.2, 0.25) is 5.89 Å². The summed E-state index contributed by atoms with van der Waals surface area (Å²) >= 11 is 18.2. The molecule has 0 atom stereocenters. The molecule has 5 rings (SSSR count). The molecule has 0 bridgehead atoms. The van der Waals surface area contributed by atoms with E-state index >= 15 is 0 Å². The number of nitrogens with zero attached hydrogens (tertiary/aromatic N) is 6. The van der Waals surface area contributed by atoms with Gasteiger partial charge in [0.1, 0.15) is 0 Å². The summed E-state index contributed by atoms with van der Waals surface area (Å²) in [5.41, 5.74) is 0.398. The van der Waals surface area contributed by atoms with Gasteiger partial charge in [-0.15, -0.1) is 15.3 Å². The van der Waals surface area contributed by atoms with Gasteiger partial charge in [0, 0.05) is 11.6 Å². The molecule has 0 aliphatic carbocycles. The van der Waals surface area contributed by atoms with Crippen molar-refractivity contribution in [2.45, 2.75) is 13.1 Å². The van der Waals surface area contributed by atoms with Gasteiger partial charge >= 0.3 is 6.18 Å². The average molecular weight is 526 g/mol. The first-order valence-electron chi connectivity index (χ1n) is 9.51. The Morgan fingerprint density at radius 2 is 1.65 bits per heavy atom. The first-order chi connectivity index (χ1) is 16.1. The van der Waals surface area contributed by atoms with Crippen molar-refractivity contribution in [2.24, 2.45) is 0 Å². The SMILES string of the molecule is Cc1c(-c2nnc(-c3cc(Cl)c(Cl)cc3Cl)o2)nnn1-c1ccnc2c(C(F)(F)F)cccc12. The van der Waals surface area contributed by atoms with Crippen LogP contribution in [-0.4, -0.2) is 30.2 Å². The monoisotopic (exact) mass is 524 g/mol. The average Bonchev–Trinajstić information content (AvgIpc) is 3.41. The van der Waals surface area contributed by atoms with Gasteiger partial charge in [0.05, 0.1) is 43.1 Å². The number of pyridine rings is 1. The molecule has 34 heavy (non-hydrogen) atoms. The van der Waals surface area contributed by atoms with E-state index in [-0.39, 0.29) is 43.4 Å². The Bertz CT molecular complexity index is 1560. The molecule has 2 aromatic carbocycles. The van der Waals surface area contributed by atoms with Crippen LogP contribution < -0.4 is 0 Å². The molecule has 0 N–H and O–H groups in total. The summed E-state index contributed by atoms with van der Waals surface area (Å²) in [5, 5.41) is 17.2. The van der Waals surface area contributed by atoms with Crippen molar-refractivity contribution in [2.75, 3.05) is 0 Å². The number of hydrogen-bond acceptors (Lipinski definition) is 6. The second-order valence-corrected chi connectivity index (χ2v) is 8.34. The number of para-hydroxylation sites is 1. The Morgan fingerprint density at radius 1 is 0.912 bits per heavy atom. The molecule has 0 spiro atoms. The molecule has 172 valence electrons. The maximum absolute atomic E-state index is 13.4. The summed E-state index contributed by atoms with van der Waals surface area (Å²) in [5.74, 6) is 0.118. The molecule has 0 radical (unpaired) electrons. The third-order valence-corrected chi connectivity index (χ3v) is 6.08. The Hall–Kier alpha value is -3.21. The van der Waals surface area contributed by atoms with Crippen LogP contribution in [0.4, 0.5) is 13.2 Å². The van der Waals surface area contributed by atoms with Gasteiger partial charge in [-0.05, 0) is 31.2 Å². The highest BCUT2D eigenvalue weighted by atomic mass is 35.5. The van der Waals surface area contributed by atoms with Gasteiger partial charge in [0.15, 0.2) is 5.69 Å². The number of alkyl halides is 3. The molecule has 0 saturated carbocycles. The zero-order valence-electron chi connectivity index (χ0n) is 16.9. The summed E-state index contributed by atoms with van der Waals surface area (Å²) < 4.78 is 47.5. The minimum absolute atomic E-state index is 0.0373. The quantitative estimate of drug-likeness (QED) is 0.240. The van der Waals surface area contributed by atoms with Crippen LogP contribution in [0, 0.1) is 6.92 Å². The van der Waals surface area contributed by atoms with E-state index in [9.17, 15) is 13.2 Å². The molecule has 7 nitrogen and oxygen atoms in total. The van der Waals surface area contributed by atoms with E-state index in [1.165, 1.54) is 35.1 Å². The van der Waals surface area contributed by atoms with E-state index in [2.05, 4.69) is 25.5 Å². The zero-order valence-corrected chi connectivity index (χ0v) is 19.2. The molecule has 0 aliphatic rings. The lowest BCUT2D eigenvalue weighted by atomic mass is 10.1. The predicted octanol–water partition coefficient (Wildman–Crippen LogP) is 6.82. The Kier molecular flexibility index (Phi) is 5.46. The van der Waals surface area contributed by atoms with Gasteiger partial charge in [-0.2, -0.15) is 13.2 Å². The fourth-order valence-electron chi connectivity index (χ4n) is 3.44. The zero-order chi connectivity index (χ0) is 24.2. The molecule has 5 aromatic rings. The van der Waals surface area contributed by atoms with Crippen LogP contribution >= 0.6 is 34.8 Å². The number of rotatable bonds is 3. The fraction of sp³-hybridized carbons (Fsp3) is 0.0952. The number of hydrogen-bond donors (Lipinski definition) is 0. The highest BCUT2D eigenvalue weighted by Gasteiger charge is 2.33. The topological polar surface area (TPSA) is 82.5 Å². The van der Waals surface area contributed by atoms with E-state index in [4.69, 9.17) is 39.2 Å². The molecule has 0 saturated heterocycles. The van der Waals surface area contributed by atoms with E-state index in [0.717, 1.165) is 6.07 Å². The van der Waals surface area contributed by atoms with E-state index < -0.39 is 11.7 Å². The van der Waals surface area contributed by atoms with Crippen LogP contribution in [0.2, 0.25) is 15.1 Å². The Balaban J connectivity index is 1.59. The van der Waals surface area contributed by atoms with E-state index in [1.807, 2.05) is 0 Å². The molecule has 0 fully saturated rings. The van der Waals surface area contributed by atoms with Gasteiger partial charge in [-0.3, -0.25) is 4.98 Å². The van der Waals surface area contributed by atoms with E-state index in [1.54, 1.807) is 13.0 Å². The van der Waals surface area contributed by atoms with Crippen molar-refractivity contribution in [3.05, 3.63) is 68.9 Å². The minimum atomic E-state index is -4.56. The first kappa shape index (κ1) is 22.6. The standard InChI is InChI=1S/C21H10Cl3F3N6O/c1-9-17(20-31-30-19(34-20)11-7-14(23)15(24)8-13(11)22)29-32-33(9)16-5-6-28-18-10(16)3-2-4-12(18)21(25,26)27/h2-8H,1H3. The van der Waals surface area contributed by atoms with Crippen molar-refractivity contribution in [3.63, 3.8) is 0 Å². The molecule has 13 heteroatoms. The van der Waals surface area contributed by atoms with Gasteiger partial charge in [-0.25, -0.2) is 4.68 Å². The summed E-state index contributed by atoms with van der Waals surface area (Å²) in [6.07, 6.45) is -3.27. The van der Waals surface area contributed by atoms with Gasteiger partial charge in [-0.1, -0.05) is 52.1 Å². The second-order valence-electron chi connectivity index (χ2n) is 7.12. The number of halogens is 6. The van der Waals surface area contributed by atoms with Crippen molar-refractivity contribution in [1.29, 1.82) is 0 Å². The lowest BCUT2D eigenvalue weighted by Gasteiger charge is -2.12. The van der Waals surface area contributed by atoms with Crippen LogP contribution in [0.1, 0.15) is 11.3 Å². The molecule has 0 unspecified atom stereocenters. The maximum atomic E-state index is 13.4. The highest BCUT2D eigenvalue weighted by Crippen LogP contribution is 2.37. The van der Waals surface area contributed by atoms with Crippen molar-refractivity contribution in [3.8, 4) is 28.7 Å². The van der Waals surface area contributed by atoms with Crippen LogP contribution in [0.25, 0.3) is 39.6 Å². The molecule has 0 aliphatic heterocycles. The molecule has 3 aromatic heterocycles. The van der Waals surface area contributed by atoms with E-state index in [0.29, 0.717) is 16.9 Å². The second kappa shape index (κ2) is 8.23. The first-order valence-corrected chi connectivity index (χ1v) is 10.6. The highest BCUT2D eigenvalue weighted by molar-refractivity contribution is 6.44. The third-order valence-electron chi connectivity index (χ3n) is 5.04. The number of aromatic nitrogens is 6. The van der Waals surface area contributed by atoms with Gasteiger partial charge in [0.25, 0.3) is 5.89 Å². The molecular weight excluding hydrogens is 516 g/mol. The lowest BCUT2D eigenvalue weighted by Crippen LogP contribution is -2.08.